The molecule has 0 spiro atoms. The first-order valence-electron chi connectivity index (χ1n) is 6.31. The lowest BCUT2D eigenvalue weighted by Crippen LogP contribution is -2.00. The molecule has 0 bridgehead atoms. The fourth-order valence-electron chi connectivity index (χ4n) is 1.46. The molecule has 20 heavy (non-hydrogen) atoms. The lowest BCUT2D eigenvalue weighted by atomic mass is 10.3. The smallest absolute Gasteiger partial charge is 0.206 e. The zero-order chi connectivity index (χ0) is 14.2. The Hall–Kier alpha value is -1.47. The van der Waals surface area contributed by atoms with E-state index >= 15 is 0 Å². The highest BCUT2D eigenvalue weighted by molar-refractivity contribution is 8.01. The Kier molecular flexibility index (Phi) is 5.94. The maximum absolute atomic E-state index is 5.66. The predicted molar refractivity (Wildman–Crippen MR) is 83.3 cm³/mol. The van der Waals surface area contributed by atoms with E-state index in [1.165, 1.54) is 0 Å². The van der Waals surface area contributed by atoms with E-state index in [9.17, 15) is 0 Å². The molecular weight excluding hydrogens is 294 g/mol. The summed E-state index contributed by atoms with van der Waals surface area (Å²) in [5, 5.41) is 11.8. The fourth-order valence-corrected chi connectivity index (χ4v) is 3.05. The summed E-state index contributed by atoms with van der Waals surface area (Å²) in [5.74, 6) is 2.55. The van der Waals surface area contributed by atoms with Crippen molar-refractivity contribution >= 4 is 28.2 Å². The molecule has 2 rings (SSSR count). The van der Waals surface area contributed by atoms with Crippen LogP contribution in [0, 0.1) is 0 Å². The molecule has 0 aliphatic rings. The normalized spacial score (nSPS) is 10.3. The van der Waals surface area contributed by atoms with Gasteiger partial charge in [0.15, 0.2) is 4.34 Å². The quantitative estimate of drug-likeness (QED) is 0.597. The van der Waals surface area contributed by atoms with Gasteiger partial charge in [-0.2, -0.15) is 0 Å². The molecule has 108 valence electrons. The summed E-state index contributed by atoms with van der Waals surface area (Å²) >= 11 is 3.19. The van der Waals surface area contributed by atoms with Gasteiger partial charge in [0.25, 0.3) is 0 Å². The second kappa shape index (κ2) is 7.96. The average Bonchev–Trinajstić information content (AvgIpc) is 2.94. The van der Waals surface area contributed by atoms with E-state index in [1.54, 1.807) is 23.1 Å². The molecule has 0 unspecified atom stereocenters. The molecule has 0 fully saturated rings. The standard InChI is InChI=1S/C13H17N3O2S2/c1-3-17-10-4-6-11(7-5-10)18-8-9-19-13-16-15-12(14-2)20-13/h4-7H,3,8-9H2,1-2H3,(H,14,15). The predicted octanol–water partition coefficient (Wildman–Crippen LogP) is 3.15. The maximum Gasteiger partial charge on any atom is 0.206 e. The van der Waals surface area contributed by atoms with Crippen LogP contribution in [0.4, 0.5) is 5.13 Å². The van der Waals surface area contributed by atoms with Crippen molar-refractivity contribution in [2.45, 2.75) is 11.3 Å². The molecule has 2 aromatic rings. The monoisotopic (exact) mass is 311 g/mol. The van der Waals surface area contributed by atoms with E-state index in [1.807, 2.05) is 38.2 Å². The van der Waals surface area contributed by atoms with Crippen molar-refractivity contribution < 1.29 is 9.47 Å². The molecule has 0 aliphatic carbocycles. The lowest BCUT2D eigenvalue weighted by Gasteiger charge is -2.06. The first-order chi connectivity index (χ1) is 9.81. The number of aromatic nitrogens is 2. The molecule has 1 N–H and O–H groups in total. The zero-order valence-electron chi connectivity index (χ0n) is 11.5. The molecule has 1 aromatic carbocycles. The second-order valence-electron chi connectivity index (χ2n) is 3.72. The number of nitrogens with zero attached hydrogens (tertiary/aromatic N) is 2. The maximum atomic E-state index is 5.66. The summed E-state index contributed by atoms with van der Waals surface area (Å²) in [6.07, 6.45) is 0. The Morgan fingerprint density at radius 1 is 1.15 bits per heavy atom. The molecule has 0 aliphatic heterocycles. The topological polar surface area (TPSA) is 56.3 Å². The van der Waals surface area contributed by atoms with Crippen molar-refractivity contribution in [2.75, 3.05) is 31.3 Å². The summed E-state index contributed by atoms with van der Waals surface area (Å²) in [5.41, 5.74) is 0. The minimum absolute atomic E-state index is 0.632. The van der Waals surface area contributed by atoms with Crippen molar-refractivity contribution in [2.24, 2.45) is 0 Å². The van der Waals surface area contributed by atoms with Crippen molar-refractivity contribution in [3.05, 3.63) is 24.3 Å². The molecule has 7 heteroatoms. The lowest BCUT2D eigenvalue weighted by molar-refractivity contribution is 0.332. The molecular formula is C13H17N3O2S2. The Bertz CT molecular complexity index is 517. The Balaban J connectivity index is 1.70. The number of thioether (sulfide) groups is 1. The van der Waals surface area contributed by atoms with Gasteiger partial charge in [-0.1, -0.05) is 23.1 Å². The van der Waals surface area contributed by atoms with Crippen LogP contribution in [0.5, 0.6) is 11.5 Å². The van der Waals surface area contributed by atoms with Crippen LogP contribution in [0.2, 0.25) is 0 Å². The number of ether oxygens (including phenoxy) is 2. The largest absolute Gasteiger partial charge is 0.494 e. The van der Waals surface area contributed by atoms with Gasteiger partial charge >= 0.3 is 0 Å². The van der Waals surface area contributed by atoms with Gasteiger partial charge in [0.1, 0.15) is 11.5 Å². The Morgan fingerprint density at radius 2 is 1.85 bits per heavy atom. The van der Waals surface area contributed by atoms with Crippen LogP contribution in [-0.2, 0) is 0 Å². The van der Waals surface area contributed by atoms with E-state index < -0.39 is 0 Å². The first kappa shape index (κ1) is 14.9. The first-order valence-corrected chi connectivity index (χ1v) is 8.11. The number of rotatable bonds is 8. The van der Waals surface area contributed by atoms with Crippen LogP contribution < -0.4 is 14.8 Å². The van der Waals surface area contributed by atoms with Crippen LogP contribution in [0.15, 0.2) is 28.6 Å². The molecule has 0 saturated heterocycles. The highest BCUT2D eigenvalue weighted by Gasteiger charge is 2.03. The van der Waals surface area contributed by atoms with Crippen LogP contribution in [0.3, 0.4) is 0 Å². The molecule has 0 amide bonds. The SMILES string of the molecule is CCOc1ccc(OCCSc2nnc(NC)s2)cc1. The van der Waals surface area contributed by atoms with Gasteiger partial charge in [-0.15, -0.1) is 10.2 Å². The second-order valence-corrected chi connectivity index (χ2v) is 6.04. The highest BCUT2D eigenvalue weighted by atomic mass is 32.2. The molecule has 5 nitrogen and oxygen atoms in total. The van der Waals surface area contributed by atoms with Gasteiger partial charge in [-0.3, -0.25) is 0 Å². The number of hydrogen-bond donors (Lipinski definition) is 1. The third-order valence-corrected chi connectivity index (χ3v) is 4.37. The van der Waals surface area contributed by atoms with E-state index in [0.717, 1.165) is 26.7 Å². The summed E-state index contributed by atoms with van der Waals surface area (Å²) in [6.45, 7) is 3.27. The number of benzene rings is 1. The van der Waals surface area contributed by atoms with Gasteiger partial charge in [0.05, 0.1) is 13.2 Å². The summed E-state index contributed by atoms with van der Waals surface area (Å²) < 4.78 is 12.0. The third-order valence-electron chi connectivity index (χ3n) is 2.33. The average molecular weight is 311 g/mol. The highest BCUT2D eigenvalue weighted by Crippen LogP contribution is 2.25. The van der Waals surface area contributed by atoms with E-state index in [-0.39, 0.29) is 0 Å². The molecule has 1 aromatic heterocycles. The van der Waals surface area contributed by atoms with Crippen LogP contribution in [0.25, 0.3) is 0 Å². The van der Waals surface area contributed by atoms with Crippen molar-refractivity contribution in [3.8, 4) is 11.5 Å². The molecule has 0 radical (unpaired) electrons. The minimum atomic E-state index is 0.632. The van der Waals surface area contributed by atoms with Gasteiger partial charge in [-0.05, 0) is 31.2 Å². The minimum Gasteiger partial charge on any atom is -0.494 e. The molecule has 0 saturated carbocycles. The third kappa shape index (κ3) is 4.57. The van der Waals surface area contributed by atoms with Gasteiger partial charge in [0, 0.05) is 12.8 Å². The molecule has 0 atom stereocenters. The summed E-state index contributed by atoms with van der Waals surface area (Å²) in [4.78, 5) is 0. The van der Waals surface area contributed by atoms with E-state index in [2.05, 4.69) is 15.5 Å². The van der Waals surface area contributed by atoms with E-state index in [0.29, 0.717) is 13.2 Å². The van der Waals surface area contributed by atoms with Gasteiger partial charge in [-0.25, -0.2) is 0 Å². The summed E-state index contributed by atoms with van der Waals surface area (Å²) in [6, 6.07) is 7.66. The van der Waals surface area contributed by atoms with Crippen molar-refractivity contribution in [1.82, 2.24) is 10.2 Å². The zero-order valence-corrected chi connectivity index (χ0v) is 13.1. The number of nitrogens with one attached hydrogen (secondary N) is 1. The number of anilines is 1. The van der Waals surface area contributed by atoms with E-state index in [4.69, 9.17) is 9.47 Å². The fraction of sp³-hybridized carbons (Fsp3) is 0.385. The molecule has 1 heterocycles. The van der Waals surface area contributed by atoms with Gasteiger partial charge < -0.3 is 14.8 Å². The number of hydrogen-bond acceptors (Lipinski definition) is 7. The van der Waals surface area contributed by atoms with Gasteiger partial charge in [0.2, 0.25) is 5.13 Å². The summed E-state index contributed by atoms with van der Waals surface area (Å²) in [7, 11) is 1.84. The van der Waals surface area contributed by atoms with Crippen LogP contribution in [-0.4, -0.2) is 36.2 Å². The van der Waals surface area contributed by atoms with Crippen molar-refractivity contribution in [3.63, 3.8) is 0 Å². The van der Waals surface area contributed by atoms with Crippen LogP contribution in [0.1, 0.15) is 6.92 Å². The Labute approximate surface area is 126 Å². The van der Waals surface area contributed by atoms with Crippen LogP contribution >= 0.6 is 23.1 Å². The Morgan fingerprint density at radius 3 is 2.45 bits per heavy atom. The van der Waals surface area contributed by atoms with Crippen molar-refractivity contribution in [1.29, 1.82) is 0 Å².